The highest BCUT2D eigenvalue weighted by molar-refractivity contribution is 5.77. The lowest BCUT2D eigenvalue weighted by molar-refractivity contribution is -0.143. The van der Waals surface area contributed by atoms with Crippen molar-refractivity contribution >= 4 is 12.0 Å². The van der Waals surface area contributed by atoms with Crippen molar-refractivity contribution < 1.29 is 14.7 Å². The van der Waals surface area contributed by atoms with Crippen molar-refractivity contribution in [1.29, 1.82) is 0 Å². The van der Waals surface area contributed by atoms with Crippen LogP contribution in [0.3, 0.4) is 0 Å². The van der Waals surface area contributed by atoms with Gasteiger partial charge in [-0.3, -0.25) is 4.79 Å². The highest BCUT2D eigenvalue weighted by atomic mass is 16.4. The van der Waals surface area contributed by atoms with E-state index in [4.69, 9.17) is 5.11 Å². The number of carboxylic acids is 1. The van der Waals surface area contributed by atoms with Crippen LogP contribution >= 0.6 is 0 Å². The number of aliphatic carboxylic acids is 1. The molecule has 1 atom stereocenters. The Morgan fingerprint density at radius 1 is 1.31 bits per heavy atom. The minimum absolute atomic E-state index is 0.00606. The van der Waals surface area contributed by atoms with Gasteiger partial charge in [0.25, 0.3) is 0 Å². The fraction of sp³-hybridized carbons (Fsp3) is 0.818. The van der Waals surface area contributed by atoms with E-state index >= 15 is 0 Å². The van der Waals surface area contributed by atoms with E-state index in [2.05, 4.69) is 0 Å². The molecule has 1 saturated heterocycles. The molecule has 2 fully saturated rings. The topological polar surface area (TPSA) is 60.9 Å². The lowest BCUT2D eigenvalue weighted by Crippen LogP contribution is -2.48. The van der Waals surface area contributed by atoms with Crippen molar-refractivity contribution in [2.75, 3.05) is 20.1 Å². The van der Waals surface area contributed by atoms with Crippen LogP contribution in [0.5, 0.6) is 0 Å². The first-order valence-electron chi connectivity index (χ1n) is 5.84. The monoisotopic (exact) mass is 226 g/mol. The number of amides is 2. The molecule has 0 aromatic rings. The van der Waals surface area contributed by atoms with Gasteiger partial charge in [-0.2, -0.15) is 0 Å². The zero-order valence-electron chi connectivity index (χ0n) is 9.56. The molecular formula is C11H18N2O3. The van der Waals surface area contributed by atoms with Gasteiger partial charge in [-0.05, 0) is 25.7 Å². The third kappa shape index (κ3) is 2.28. The lowest BCUT2D eigenvalue weighted by Gasteiger charge is -2.33. The van der Waals surface area contributed by atoms with E-state index in [0.717, 1.165) is 19.3 Å². The maximum absolute atomic E-state index is 12.0. The smallest absolute Gasteiger partial charge is 0.320 e. The fourth-order valence-electron chi connectivity index (χ4n) is 2.19. The van der Waals surface area contributed by atoms with Gasteiger partial charge < -0.3 is 14.9 Å². The summed E-state index contributed by atoms with van der Waals surface area (Å²) in [5, 5.41) is 8.95. The third-order valence-electron chi connectivity index (χ3n) is 3.44. The largest absolute Gasteiger partial charge is 0.481 e. The van der Waals surface area contributed by atoms with Gasteiger partial charge in [0.15, 0.2) is 0 Å². The maximum Gasteiger partial charge on any atom is 0.320 e. The van der Waals surface area contributed by atoms with E-state index in [-0.39, 0.29) is 11.9 Å². The Morgan fingerprint density at radius 3 is 2.56 bits per heavy atom. The molecule has 0 aromatic carbocycles. The van der Waals surface area contributed by atoms with E-state index in [1.165, 1.54) is 0 Å². The minimum atomic E-state index is -0.786. The molecule has 0 aromatic heterocycles. The van der Waals surface area contributed by atoms with Crippen LogP contribution in [0.15, 0.2) is 0 Å². The van der Waals surface area contributed by atoms with Gasteiger partial charge in [-0.25, -0.2) is 4.79 Å². The van der Waals surface area contributed by atoms with Gasteiger partial charge in [-0.15, -0.1) is 0 Å². The van der Waals surface area contributed by atoms with Gasteiger partial charge in [0, 0.05) is 26.2 Å². The van der Waals surface area contributed by atoms with E-state index < -0.39 is 5.97 Å². The summed E-state index contributed by atoms with van der Waals surface area (Å²) in [6, 6.07) is 0.381. The predicted octanol–water partition coefficient (Wildman–Crippen LogP) is 0.997. The first-order valence-corrected chi connectivity index (χ1v) is 5.84. The fourth-order valence-corrected chi connectivity index (χ4v) is 2.19. The number of carboxylic acid groups (broad SMARTS) is 1. The van der Waals surface area contributed by atoms with Crippen LogP contribution in [-0.2, 0) is 4.79 Å². The van der Waals surface area contributed by atoms with Crippen LogP contribution < -0.4 is 0 Å². The van der Waals surface area contributed by atoms with Crippen molar-refractivity contribution in [2.45, 2.75) is 31.7 Å². The van der Waals surface area contributed by atoms with E-state index in [9.17, 15) is 9.59 Å². The summed E-state index contributed by atoms with van der Waals surface area (Å²) >= 11 is 0. The summed E-state index contributed by atoms with van der Waals surface area (Å²) in [5.41, 5.74) is 0. The number of nitrogens with zero attached hydrogens (tertiary/aromatic N) is 2. The van der Waals surface area contributed by atoms with Crippen LogP contribution in [0.2, 0.25) is 0 Å². The summed E-state index contributed by atoms with van der Waals surface area (Å²) in [6.45, 7) is 1.06. The number of rotatable bonds is 2. The molecule has 90 valence electrons. The first-order chi connectivity index (χ1) is 7.59. The molecule has 1 aliphatic heterocycles. The molecular weight excluding hydrogens is 208 g/mol. The molecule has 1 heterocycles. The van der Waals surface area contributed by atoms with Crippen LogP contribution in [0.1, 0.15) is 25.7 Å². The van der Waals surface area contributed by atoms with Crippen LogP contribution in [-0.4, -0.2) is 53.1 Å². The normalized spacial score (nSPS) is 25.3. The average Bonchev–Trinajstić information content (AvgIpc) is 3.11. The molecule has 2 aliphatic rings. The lowest BCUT2D eigenvalue weighted by atomic mass is 9.99. The molecule has 0 spiro atoms. The Labute approximate surface area is 95.0 Å². The highest BCUT2D eigenvalue weighted by Crippen LogP contribution is 2.27. The van der Waals surface area contributed by atoms with Crippen molar-refractivity contribution in [3.8, 4) is 0 Å². The molecule has 1 aliphatic carbocycles. The summed E-state index contributed by atoms with van der Waals surface area (Å²) < 4.78 is 0. The number of carbonyl (C=O) groups is 2. The maximum atomic E-state index is 12.0. The standard InChI is InChI=1S/C11H18N2O3/c1-12(9-4-5-9)11(16)13-6-2-3-8(7-13)10(14)15/h8-9H,2-7H2,1H3,(H,14,15). The van der Waals surface area contributed by atoms with Crippen molar-refractivity contribution in [1.82, 2.24) is 9.80 Å². The van der Waals surface area contributed by atoms with E-state index in [1.54, 1.807) is 9.80 Å². The SMILES string of the molecule is CN(C(=O)N1CCCC(C(=O)O)C1)C1CC1. The molecule has 2 rings (SSSR count). The number of hydrogen-bond donors (Lipinski definition) is 1. The van der Waals surface area contributed by atoms with Crippen molar-refractivity contribution in [3.63, 3.8) is 0 Å². The number of piperidine rings is 1. The summed E-state index contributed by atoms with van der Waals surface area (Å²) in [5.74, 6) is -1.17. The van der Waals surface area contributed by atoms with Crippen LogP contribution in [0, 0.1) is 5.92 Å². The predicted molar refractivity (Wildman–Crippen MR) is 58.1 cm³/mol. The number of likely N-dealkylation sites (tertiary alicyclic amines) is 1. The van der Waals surface area contributed by atoms with Gasteiger partial charge in [0.2, 0.25) is 0 Å². The van der Waals surface area contributed by atoms with Crippen LogP contribution in [0.25, 0.3) is 0 Å². The summed E-state index contributed by atoms with van der Waals surface area (Å²) in [6.07, 6.45) is 3.64. The molecule has 2 amide bonds. The molecule has 1 N–H and O–H groups in total. The van der Waals surface area contributed by atoms with Gasteiger partial charge in [0.1, 0.15) is 0 Å². The molecule has 1 unspecified atom stereocenters. The van der Waals surface area contributed by atoms with Gasteiger partial charge in [-0.1, -0.05) is 0 Å². The van der Waals surface area contributed by atoms with E-state index in [0.29, 0.717) is 25.6 Å². The molecule has 16 heavy (non-hydrogen) atoms. The van der Waals surface area contributed by atoms with Crippen molar-refractivity contribution in [2.24, 2.45) is 5.92 Å². The number of carbonyl (C=O) groups excluding carboxylic acids is 1. The highest BCUT2D eigenvalue weighted by Gasteiger charge is 2.35. The van der Waals surface area contributed by atoms with Gasteiger partial charge in [0.05, 0.1) is 5.92 Å². The van der Waals surface area contributed by atoms with Gasteiger partial charge >= 0.3 is 12.0 Å². The number of urea groups is 1. The molecule has 1 saturated carbocycles. The Kier molecular flexibility index (Phi) is 3.03. The quantitative estimate of drug-likeness (QED) is 0.764. The summed E-state index contributed by atoms with van der Waals surface area (Å²) in [4.78, 5) is 26.3. The number of hydrogen-bond acceptors (Lipinski definition) is 2. The van der Waals surface area contributed by atoms with Crippen molar-refractivity contribution in [3.05, 3.63) is 0 Å². The molecule has 0 bridgehead atoms. The molecule has 5 nitrogen and oxygen atoms in total. The van der Waals surface area contributed by atoms with Crippen LogP contribution in [0.4, 0.5) is 4.79 Å². The zero-order valence-corrected chi connectivity index (χ0v) is 9.56. The second kappa shape index (κ2) is 4.31. The van der Waals surface area contributed by atoms with E-state index in [1.807, 2.05) is 7.05 Å². The second-order valence-corrected chi connectivity index (χ2v) is 4.75. The Bertz CT molecular complexity index is 302. The first kappa shape index (κ1) is 11.2. The average molecular weight is 226 g/mol. The Hall–Kier alpha value is -1.26. The Morgan fingerprint density at radius 2 is 2.00 bits per heavy atom. The second-order valence-electron chi connectivity index (χ2n) is 4.75. The minimum Gasteiger partial charge on any atom is -0.481 e. The molecule has 5 heteroatoms. The summed E-state index contributed by atoms with van der Waals surface area (Å²) in [7, 11) is 1.81. The Balaban J connectivity index is 1.92. The molecule has 0 radical (unpaired) electrons. The zero-order chi connectivity index (χ0) is 11.7. The third-order valence-corrected chi connectivity index (χ3v) is 3.44.